The molecule has 0 aliphatic heterocycles. The molecule has 0 saturated heterocycles. The van der Waals surface area contributed by atoms with Crippen molar-refractivity contribution in [3.63, 3.8) is 0 Å². The fourth-order valence-electron chi connectivity index (χ4n) is 7.79. The second-order valence-corrected chi connectivity index (χ2v) is 11.0. The molecule has 4 saturated carbocycles. The lowest BCUT2D eigenvalue weighted by atomic mass is 9.45. The largest absolute Gasteiger partial charge is 0.395 e. The van der Waals surface area contributed by atoms with Crippen LogP contribution in [0.1, 0.15) is 83.1 Å². The Balaban J connectivity index is 1.19. The summed E-state index contributed by atoms with van der Waals surface area (Å²) in [6.07, 6.45) is 11.2. The van der Waals surface area contributed by atoms with Crippen LogP contribution in [0.3, 0.4) is 0 Å². The van der Waals surface area contributed by atoms with Gasteiger partial charge < -0.3 is 15.1 Å². The molecule has 0 aromatic carbocycles. The quantitative estimate of drug-likeness (QED) is 0.420. The first kappa shape index (κ1) is 21.2. The van der Waals surface area contributed by atoms with Gasteiger partial charge in [0.05, 0.1) is 29.8 Å². The predicted octanol–water partition coefficient (Wildman–Crippen LogP) is 4.64. The molecule has 4 fully saturated rings. The summed E-state index contributed by atoms with van der Waals surface area (Å²) in [4.78, 5) is 16.2. The van der Waals surface area contributed by atoms with Crippen molar-refractivity contribution in [3.8, 4) is 0 Å². The molecule has 31 heavy (non-hydrogen) atoms. The minimum absolute atomic E-state index is 0.0915. The van der Waals surface area contributed by atoms with Gasteiger partial charge in [-0.1, -0.05) is 17.2 Å². The van der Waals surface area contributed by atoms with Crippen molar-refractivity contribution in [1.82, 2.24) is 5.16 Å². The molecule has 1 aromatic heterocycles. The Morgan fingerprint density at radius 1 is 1.19 bits per heavy atom. The number of nitrogens with zero attached hydrogens (tertiary/aromatic N) is 2. The number of fused-ring (bicyclic) bond motifs is 5. The van der Waals surface area contributed by atoms with E-state index in [4.69, 9.17) is 15.1 Å². The fraction of sp³-hybridized carbons (Fsp3) is 0.800. The molecule has 5 rings (SSSR count). The third-order valence-electron chi connectivity index (χ3n) is 9.69. The van der Waals surface area contributed by atoms with E-state index in [0.717, 1.165) is 48.5 Å². The van der Waals surface area contributed by atoms with Gasteiger partial charge in [-0.2, -0.15) is 0 Å². The molecule has 1 heterocycles. The van der Waals surface area contributed by atoms with E-state index in [1.54, 1.807) is 0 Å². The van der Waals surface area contributed by atoms with Crippen LogP contribution in [-0.2, 0) is 17.8 Å². The Morgan fingerprint density at radius 2 is 2.06 bits per heavy atom. The third-order valence-corrected chi connectivity index (χ3v) is 9.69. The SMILES string of the molecule is C[C@]12CC/C(=N/OCCc3cc(CN)on3)CC1CCC1C2CC[C@]2(C)C(=[OH+])CCC12. The summed E-state index contributed by atoms with van der Waals surface area (Å²) >= 11 is 0. The minimum Gasteiger partial charge on any atom is -0.395 e. The Morgan fingerprint density at radius 3 is 2.87 bits per heavy atom. The van der Waals surface area contributed by atoms with Gasteiger partial charge in [0, 0.05) is 12.5 Å². The molecular weight excluding hydrogens is 390 g/mol. The predicted molar refractivity (Wildman–Crippen MR) is 120 cm³/mol. The van der Waals surface area contributed by atoms with E-state index in [1.807, 2.05) is 6.07 Å². The number of hydrogen-bond donors (Lipinski definition) is 1. The summed E-state index contributed by atoms with van der Waals surface area (Å²) in [6.45, 7) is 5.79. The zero-order valence-corrected chi connectivity index (χ0v) is 19.1. The fourth-order valence-corrected chi connectivity index (χ4v) is 7.79. The maximum absolute atomic E-state index is 10.6. The lowest BCUT2D eigenvalue weighted by Gasteiger charge is -2.59. The monoisotopic (exact) mass is 428 g/mol. The minimum atomic E-state index is 0.0915. The number of aromatic nitrogens is 1. The average molecular weight is 429 g/mol. The zero-order valence-electron chi connectivity index (χ0n) is 19.1. The van der Waals surface area contributed by atoms with Crippen molar-refractivity contribution >= 4 is 11.5 Å². The van der Waals surface area contributed by atoms with Crippen molar-refractivity contribution in [2.45, 2.75) is 84.6 Å². The molecule has 4 aliphatic carbocycles. The van der Waals surface area contributed by atoms with E-state index in [9.17, 15) is 4.79 Å². The molecule has 3 N–H and O–H groups in total. The summed E-state index contributed by atoms with van der Waals surface area (Å²) in [7, 11) is 0. The Hall–Kier alpha value is -1.69. The summed E-state index contributed by atoms with van der Waals surface area (Å²) in [5, 5.41) is 8.53. The van der Waals surface area contributed by atoms with E-state index < -0.39 is 0 Å². The van der Waals surface area contributed by atoms with Crippen molar-refractivity contribution < 1.29 is 14.2 Å². The summed E-state index contributed by atoms with van der Waals surface area (Å²) < 4.78 is 5.13. The standard InChI is InChI=1S/C25H37N3O3/c1-24-10-7-17(27-30-12-9-18-14-19(15-26)31-28-18)13-16(24)3-4-20-21-5-6-23(29)25(21,2)11-8-22(20)24/h14,16,20-22H,3-13,15,26H2,1-2H3/p+1/b27-17-/t16?,20?,21?,22?,24-,25-/m0/s1. The van der Waals surface area contributed by atoms with Crippen LogP contribution in [0.4, 0.5) is 0 Å². The molecule has 6 nitrogen and oxygen atoms in total. The second-order valence-electron chi connectivity index (χ2n) is 11.0. The van der Waals surface area contributed by atoms with Gasteiger partial charge >= 0.3 is 0 Å². The van der Waals surface area contributed by atoms with Gasteiger partial charge in [-0.05, 0) is 87.4 Å². The van der Waals surface area contributed by atoms with Crippen LogP contribution in [0.25, 0.3) is 0 Å². The molecule has 6 heteroatoms. The van der Waals surface area contributed by atoms with E-state index in [0.29, 0.717) is 36.7 Å². The molecule has 170 valence electrons. The molecule has 0 bridgehead atoms. The van der Waals surface area contributed by atoms with Crippen LogP contribution in [0.5, 0.6) is 0 Å². The van der Waals surface area contributed by atoms with Crippen LogP contribution >= 0.6 is 0 Å². The summed E-state index contributed by atoms with van der Waals surface area (Å²) in [6, 6.07) is 1.89. The normalized spacial score (nSPS) is 41.0. The van der Waals surface area contributed by atoms with Crippen molar-refractivity contribution in [3.05, 3.63) is 17.5 Å². The lowest BCUT2D eigenvalue weighted by Crippen LogP contribution is -2.53. The number of nitrogens with two attached hydrogens (primary N) is 1. The van der Waals surface area contributed by atoms with Gasteiger partial charge in [-0.25, -0.2) is 0 Å². The van der Waals surface area contributed by atoms with Crippen LogP contribution in [0.15, 0.2) is 15.7 Å². The first-order valence-corrected chi connectivity index (χ1v) is 12.3. The van der Waals surface area contributed by atoms with Gasteiger partial charge in [0.1, 0.15) is 6.61 Å². The van der Waals surface area contributed by atoms with Crippen molar-refractivity contribution in [2.24, 2.45) is 45.4 Å². The van der Waals surface area contributed by atoms with Crippen molar-refractivity contribution in [2.75, 3.05) is 6.61 Å². The third kappa shape index (κ3) is 3.55. The number of oxime groups is 1. The maximum Gasteiger partial charge on any atom is 0.299 e. The average Bonchev–Trinajstić information content (AvgIpc) is 3.35. The number of ketones is 1. The Bertz CT molecular complexity index is 864. The van der Waals surface area contributed by atoms with Crippen LogP contribution < -0.4 is 5.73 Å². The van der Waals surface area contributed by atoms with Crippen LogP contribution in [-0.4, -0.2) is 28.1 Å². The number of hydrogen-bond acceptors (Lipinski definition) is 5. The molecule has 6 atom stereocenters. The van der Waals surface area contributed by atoms with Gasteiger partial charge in [-0.15, -0.1) is 0 Å². The smallest absolute Gasteiger partial charge is 0.299 e. The van der Waals surface area contributed by atoms with Gasteiger partial charge in [0.15, 0.2) is 5.76 Å². The number of carbonyl (C=O) groups excluding carboxylic acids is 1. The highest BCUT2D eigenvalue weighted by Gasteiger charge is 2.62. The highest BCUT2D eigenvalue weighted by molar-refractivity contribution is 5.88. The van der Waals surface area contributed by atoms with Crippen LogP contribution in [0, 0.1) is 34.5 Å². The lowest BCUT2D eigenvalue weighted by molar-refractivity contribution is -0.0825. The molecule has 4 unspecified atom stereocenters. The Kier molecular flexibility index (Phi) is 5.48. The molecule has 0 amide bonds. The van der Waals surface area contributed by atoms with E-state index in [2.05, 4.69) is 24.2 Å². The number of rotatable bonds is 5. The Labute approximate surface area is 185 Å². The molecule has 0 spiro atoms. The summed E-state index contributed by atoms with van der Waals surface area (Å²) in [5.41, 5.74) is 8.17. The molecule has 0 radical (unpaired) electrons. The van der Waals surface area contributed by atoms with Gasteiger partial charge in [0.2, 0.25) is 0 Å². The van der Waals surface area contributed by atoms with E-state index >= 15 is 0 Å². The van der Waals surface area contributed by atoms with Crippen LogP contribution in [0.2, 0.25) is 0 Å². The van der Waals surface area contributed by atoms with E-state index in [1.165, 1.54) is 44.2 Å². The van der Waals surface area contributed by atoms with E-state index in [-0.39, 0.29) is 5.41 Å². The zero-order chi connectivity index (χ0) is 21.6. The molecular formula is C25H38N3O3+. The molecule has 4 aliphatic rings. The van der Waals surface area contributed by atoms with Gasteiger partial charge in [-0.3, -0.25) is 4.79 Å². The first-order chi connectivity index (χ1) is 14.9. The topological polar surface area (TPSA) is 95.0 Å². The first-order valence-electron chi connectivity index (χ1n) is 12.3. The second kappa shape index (κ2) is 8.02. The van der Waals surface area contributed by atoms with Gasteiger partial charge in [0.25, 0.3) is 5.78 Å². The van der Waals surface area contributed by atoms with Crippen molar-refractivity contribution in [1.29, 1.82) is 0 Å². The highest BCUT2D eigenvalue weighted by Crippen LogP contribution is 2.65. The molecule has 1 aromatic rings. The summed E-state index contributed by atoms with van der Waals surface area (Å²) in [5.74, 6) is 4.51. The maximum atomic E-state index is 10.6. The highest BCUT2D eigenvalue weighted by atomic mass is 16.6.